The quantitative estimate of drug-likeness (QED) is 0.729. The molecule has 1 atom stereocenters. The molecule has 1 aromatic heterocycles. The van der Waals surface area contributed by atoms with E-state index in [-0.39, 0.29) is 0 Å². The molecule has 0 aliphatic carbocycles. The fourth-order valence-corrected chi connectivity index (χ4v) is 1.34. The summed E-state index contributed by atoms with van der Waals surface area (Å²) in [6.45, 7) is 10.8. The smallest absolute Gasteiger partial charge is 0.203 e. The molecular weight excluding hydrogens is 174 g/mol. The maximum absolute atomic E-state index is 4.42. The number of rotatable bonds is 5. The third-order valence-corrected chi connectivity index (χ3v) is 2.32. The standard InChI is InChI=1S/C11H19N3/c1-5-7-12-11-13-9(3)8-14(11)10(4)6-2/h5,8,10H,1,6-7H2,2-4H3,(H,12,13). The Labute approximate surface area is 85.8 Å². The van der Waals surface area contributed by atoms with E-state index in [2.05, 4.69) is 41.5 Å². The van der Waals surface area contributed by atoms with Gasteiger partial charge in [0, 0.05) is 18.8 Å². The summed E-state index contributed by atoms with van der Waals surface area (Å²) in [5, 5.41) is 3.23. The molecule has 0 aliphatic rings. The van der Waals surface area contributed by atoms with Crippen molar-refractivity contribution < 1.29 is 0 Å². The van der Waals surface area contributed by atoms with E-state index in [4.69, 9.17) is 0 Å². The van der Waals surface area contributed by atoms with E-state index in [1.165, 1.54) is 0 Å². The molecule has 3 heteroatoms. The van der Waals surface area contributed by atoms with Crippen molar-refractivity contribution in [3.63, 3.8) is 0 Å². The van der Waals surface area contributed by atoms with Gasteiger partial charge in [0.1, 0.15) is 0 Å². The van der Waals surface area contributed by atoms with Gasteiger partial charge in [-0.1, -0.05) is 13.0 Å². The van der Waals surface area contributed by atoms with Gasteiger partial charge >= 0.3 is 0 Å². The van der Waals surface area contributed by atoms with Crippen LogP contribution >= 0.6 is 0 Å². The molecule has 0 radical (unpaired) electrons. The van der Waals surface area contributed by atoms with E-state index in [9.17, 15) is 0 Å². The fourth-order valence-electron chi connectivity index (χ4n) is 1.34. The number of aromatic nitrogens is 2. The summed E-state index contributed by atoms with van der Waals surface area (Å²) >= 11 is 0. The van der Waals surface area contributed by atoms with Crippen LogP contribution in [0.15, 0.2) is 18.9 Å². The number of nitrogens with one attached hydrogen (secondary N) is 1. The first-order valence-corrected chi connectivity index (χ1v) is 5.09. The first-order valence-electron chi connectivity index (χ1n) is 5.09. The van der Waals surface area contributed by atoms with Gasteiger partial charge in [0.15, 0.2) is 0 Å². The number of anilines is 1. The molecule has 3 nitrogen and oxygen atoms in total. The lowest BCUT2D eigenvalue weighted by Crippen LogP contribution is -2.10. The van der Waals surface area contributed by atoms with E-state index in [1.54, 1.807) is 0 Å². The predicted octanol–water partition coefficient (Wildman–Crippen LogP) is 2.76. The van der Waals surface area contributed by atoms with Gasteiger partial charge in [-0.15, -0.1) is 6.58 Å². The third-order valence-electron chi connectivity index (χ3n) is 2.32. The lowest BCUT2D eigenvalue weighted by molar-refractivity contribution is 0.535. The summed E-state index contributed by atoms with van der Waals surface area (Å²) in [6, 6.07) is 0.489. The summed E-state index contributed by atoms with van der Waals surface area (Å²) in [7, 11) is 0. The zero-order valence-corrected chi connectivity index (χ0v) is 9.25. The van der Waals surface area contributed by atoms with Gasteiger partial charge < -0.3 is 9.88 Å². The van der Waals surface area contributed by atoms with Crippen LogP contribution in [0.3, 0.4) is 0 Å². The number of hydrogen-bond acceptors (Lipinski definition) is 2. The lowest BCUT2D eigenvalue weighted by atomic mass is 10.2. The van der Waals surface area contributed by atoms with Crippen molar-refractivity contribution in [3.05, 3.63) is 24.5 Å². The Balaban J connectivity index is 2.84. The van der Waals surface area contributed by atoms with Crippen LogP contribution in [0.5, 0.6) is 0 Å². The number of nitrogens with zero attached hydrogens (tertiary/aromatic N) is 2. The maximum atomic E-state index is 4.42. The van der Waals surface area contributed by atoms with Crippen LogP contribution in [-0.2, 0) is 0 Å². The second kappa shape index (κ2) is 4.84. The molecular formula is C11H19N3. The van der Waals surface area contributed by atoms with Crippen LogP contribution in [-0.4, -0.2) is 16.1 Å². The van der Waals surface area contributed by atoms with E-state index in [0.29, 0.717) is 6.04 Å². The largest absolute Gasteiger partial charge is 0.352 e. The fraction of sp³-hybridized carbons (Fsp3) is 0.545. The van der Waals surface area contributed by atoms with Gasteiger partial charge in [-0.2, -0.15) is 0 Å². The SMILES string of the molecule is C=CCNc1nc(C)cn1C(C)CC. The molecule has 1 heterocycles. The first kappa shape index (κ1) is 10.8. The normalized spacial score (nSPS) is 12.5. The Morgan fingerprint density at radius 2 is 2.43 bits per heavy atom. The molecule has 0 aliphatic heterocycles. The van der Waals surface area contributed by atoms with Crippen molar-refractivity contribution in [3.8, 4) is 0 Å². The Morgan fingerprint density at radius 1 is 1.71 bits per heavy atom. The third kappa shape index (κ3) is 2.37. The van der Waals surface area contributed by atoms with Gasteiger partial charge in [0.2, 0.25) is 5.95 Å². The van der Waals surface area contributed by atoms with Crippen LogP contribution in [0.1, 0.15) is 32.0 Å². The molecule has 14 heavy (non-hydrogen) atoms. The predicted molar refractivity (Wildman–Crippen MR) is 60.7 cm³/mol. The van der Waals surface area contributed by atoms with Crippen molar-refractivity contribution in [2.75, 3.05) is 11.9 Å². The van der Waals surface area contributed by atoms with Crippen LogP contribution in [0.2, 0.25) is 0 Å². The van der Waals surface area contributed by atoms with Crippen LogP contribution in [0, 0.1) is 6.92 Å². The molecule has 1 aromatic rings. The minimum Gasteiger partial charge on any atom is -0.352 e. The van der Waals surface area contributed by atoms with Crippen LogP contribution < -0.4 is 5.32 Å². The summed E-state index contributed by atoms with van der Waals surface area (Å²) < 4.78 is 2.18. The number of imidazole rings is 1. The Morgan fingerprint density at radius 3 is 3.00 bits per heavy atom. The maximum Gasteiger partial charge on any atom is 0.203 e. The van der Waals surface area contributed by atoms with E-state index < -0.39 is 0 Å². The van der Waals surface area contributed by atoms with Gasteiger partial charge in [-0.05, 0) is 20.3 Å². The first-order chi connectivity index (χ1) is 6.69. The number of hydrogen-bond donors (Lipinski definition) is 1. The van der Waals surface area contributed by atoms with Crippen LogP contribution in [0.4, 0.5) is 5.95 Å². The molecule has 0 aromatic carbocycles. The highest BCUT2D eigenvalue weighted by Gasteiger charge is 2.08. The highest BCUT2D eigenvalue weighted by Crippen LogP contribution is 2.17. The van der Waals surface area contributed by atoms with Crippen molar-refractivity contribution in [1.29, 1.82) is 0 Å². The average molecular weight is 193 g/mol. The van der Waals surface area contributed by atoms with Crippen molar-refractivity contribution >= 4 is 5.95 Å². The molecule has 0 fully saturated rings. The molecule has 0 spiro atoms. The minimum absolute atomic E-state index is 0.489. The summed E-state index contributed by atoms with van der Waals surface area (Å²) in [4.78, 5) is 4.42. The lowest BCUT2D eigenvalue weighted by Gasteiger charge is -2.14. The molecule has 0 saturated heterocycles. The second-order valence-electron chi connectivity index (χ2n) is 3.54. The van der Waals surface area contributed by atoms with Gasteiger partial charge in [-0.25, -0.2) is 4.98 Å². The Hall–Kier alpha value is -1.25. The van der Waals surface area contributed by atoms with E-state index in [1.807, 2.05) is 13.0 Å². The molecule has 1 N–H and O–H groups in total. The zero-order valence-electron chi connectivity index (χ0n) is 9.25. The van der Waals surface area contributed by atoms with Gasteiger partial charge in [-0.3, -0.25) is 0 Å². The minimum atomic E-state index is 0.489. The monoisotopic (exact) mass is 193 g/mol. The molecule has 1 rings (SSSR count). The Kier molecular flexibility index (Phi) is 3.74. The summed E-state index contributed by atoms with van der Waals surface area (Å²) in [6.07, 6.45) is 5.03. The summed E-state index contributed by atoms with van der Waals surface area (Å²) in [5.41, 5.74) is 1.05. The second-order valence-corrected chi connectivity index (χ2v) is 3.54. The number of aryl methyl sites for hydroxylation is 1. The molecule has 1 unspecified atom stereocenters. The summed E-state index contributed by atoms with van der Waals surface area (Å²) in [5.74, 6) is 0.941. The Bertz CT molecular complexity index is 301. The molecule has 78 valence electrons. The molecule has 0 amide bonds. The van der Waals surface area contributed by atoms with E-state index in [0.717, 1.165) is 24.6 Å². The highest BCUT2D eigenvalue weighted by atomic mass is 15.2. The van der Waals surface area contributed by atoms with E-state index >= 15 is 0 Å². The van der Waals surface area contributed by atoms with Crippen LogP contribution in [0.25, 0.3) is 0 Å². The van der Waals surface area contributed by atoms with Crippen molar-refractivity contribution in [2.45, 2.75) is 33.2 Å². The van der Waals surface area contributed by atoms with Gasteiger partial charge in [0.25, 0.3) is 0 Å². The van der Waals surface area contributed by atoms with Crippen molar-refractivity contribution in [2.24, 2.45) is 0 Å². The molecule has 0 saturated carbocycles. The average Bonchev–Trinajstić information content (AvgIpc) is 2.55. The van der Waals surface area contributed by atoms with Gasteiger partial charge in [0.05, 0.1) is 5.69 Å². The molecule has 0 bridgehead atoms. The topological polar surface area (TPSA) is 29.9 Å². The van der Waals surface area contributed by atoms with Crippen molar-refractivity contribution in [1.82, 2.24) is 9.55 Å². The zero-order chi connectivity index (χ0) is 10.6. The highest BCUT2D eigenvalue weighted by molar-refractivity contribution is 5.30.